The van der Waals surface area contributed by atoms with E-state index in [2.05, 4.69) is 25.0 Å². The number of hydrogen-bond donors (Lipinski definition) is 4. The highest BCUT2D eigenvalue weighted by molar-refractivity contribution is 7.10. The molecule has 2 aromatic heterocycles. The topological polar surface area (TPSA) is 149 Å². The molecule has 9 nitrogen and oxygen atoms in total. The summed E-state index contributed by atoms with van der Waals surface area (Å²) in [5.74, 6) is -0.514. The van der Waals surface area contributed by atoms with Crippen LogP contribution >= 0.6 is 23.1 Å². The lowest BCUT2D eigenvalue weighted by atomic mass is 10.2. The molecule has 2 aromatic rings. The molecule has 0 spiro atoms. The molecule has 24 heavy (non-hydrogen) atoms. The van der Waals surface area contributed by atoms with Gasteiger partial charge in [-0.15, -0.1) is 0 Å². The number of aromatic nitrogens is 3. The number of nitrogens with zero attached hydrogens (tertiary/aromatic N) is 3. The quantitative estimate of drug-likeness (QED) is 0.504. The third-order valence-corrected chi connectivity index (χ3v) is 3.98. The highest BCUT2D eigenvalue weighted by Crippen LogP contribution is 2.27. The molecule has 1 atom stereocenters. The Morgan fingerprint density at radius 1 is 1.46 bits per heavy atom. The van der Waals surface area contributed by atoms with Crippen LogP contribution in [0.2, 0.25) is 5.15 Å². The summed E-state index contributed by atoms with van der Waals surface area (Å²) in [4.78, 5) is 30.8. The molecule has 0 saturated heterocycles. The number of aldehydes is 1. The van der Waals surface area contributed by atoms with Gasteiger partial charge in [-0.25, -0.2) is 9.97 Å². The standard InChI is InChI=1S/C13H16ClN7O2S/c1-6-4-8(24-21-6)18-12-9(11(16)23)19-10(14)13(20-12)17-7(5-22)2-3-15/h4-5,7H,2-3,15H2,1H3,(H2,16,23)(H2,17,18,20). The summed E-state index contributed by atoms with van der Waals surface area (Å²) in [6.45, 7) is 2.14. The molecule has 0 saturated carbocycles. The largest absolute Gasteiger partial charge is 0.364 e. The van der Waals surface area contributed by atoms with Gasteiger partial charge >= 0.3 is 0 Å². The monoisotopic (exact) mass is 369 g/mol. The van der Waals surface area contributed by atoms with Gasteiger partial charge < -0.3 is 26.9 Å². The zero-order valence-corrected chi connectivity index (χ0v) is 14.3. The molecule has 0 aliphatic carbocycles. The SMILES string of the molecule is Cc1cc(Nc2nc(NC(C=O)CCN)c(Cl)nc2C(N)=O)sn1. The van der Waals surface area contributed by atoms with E-state index in [4.69, 9.17) is 23.1 Å². The summed E-state index contributed by atoms with van der Waals surface area (Å²) >= 11 is 7.22. The molecule has 1 unspecified atom stereocenters. The van der Waals surface area contributed by atoms with Gasteiger partial charge in [0.1, 0.15) is 11.3 Å². The van der Waals surface area contributed by atoms with E-state index in [9.17, 15) is 9.59 Å². The van der Waals surface area contributed by atoms with Crippen molar-refractivity contribution in [2.45, 2.75) is 19.4 Å². The Kier molecular flexibility index (Phi) is 6.01. The first kappa shape index (κ1) is 18.0. The van der Waals surface area contributed by atoms with E-state index in [1.165, 1.54) is 11.5 Å². The van der Waals surface area contributed by atoms with Crippen LogP contribution in [0.25, 0.3) is 0 Å². The molecule has 128 valence electrons. The van der Waals surface area contributed by atoms with Gasteiger partial charge in [-0.1, -0.05) is 11.6 Å². The smallest absolute Gasteiger partial charge is 0.271 e. The molecular formula is C13H16ClN7O2S. The Hall–Kier alpha value is -2.30. The molecule has 0 radical (unpaired) electrons. The number of rotatable bonds is 8. The fourth-order valence-corrected chi connectivity index (χ4v) is 2.68. The molecule has 0 fully saturated rings. The first-order valence-electron chi connectivity index (χ1n) is 6.94. The van der Waals surface area contributed by atoms with Crippen LogP contribution in [0.1, 0.15) is 22.6 Å². The lowest BCUT2D eigenvalue weighted by Gasteiger charge is -2.15. The number of hydrogen-bond acceptors (Lipinski definition) is 9. The maximum Gasteiger partial charge on any atom is 0.271 e. The number of halogens is 1. The highest BCUT2D eigenvalue weighted by atomic mass is 35.5. The Labute approximate surface area is 147 Å². The summed E-state index contributed by atoms with van der Waals surface area (Å²) in [6, 6.07) is 1.21. The maximum absolute atomic E-state index is 11.6. The lowest BCUT2D eigenvalue weighted by molar-refractivity contribution is -0.108. The summed E-state index contributed by atoms with van der Waals surface area (Å²) in [5.41, 5.74) is 11.5. The van der Waals surface area contributed by atoms with Crippen LogP contribution in [-0.2, 0) is 4.79 Å². The van der Waals surface area contributed by atoms with Crippen molar-refractivity contribution in [1.29, 1.82) is 0 Å². The Morgan fingerprint density at radius 3 is 2.75 bits per heavy atom. The number of nitrogens with one attached hydrogen (secondary N) is 2. The lowest BCUT2D eigenvalue weighted by Crippen LogP contribution is -2.26. The third kappa shape index (κ3) is 4.37. The van der Waals surface area contributed by atoms with E-state index in [-0.39, 0.29) is 22.5 Å². The van der Waals surface area contributed by atoms with Gasteiger partial charge in [0, 0.05) is 0 Å². The summed E-state index contributed by atoms with van der Waals surface area (Å²) in [5, 5.41) is 6.36. The Bertz CT molecular complexity index is 752. The average molecular weight is 370 g/mol. The molecule has 0 aliphatic heterocycles. The zero-order chi connectivity index (χ0) is 17.7. The minimum Gasteiger partial charge on any atom is -0.364 e. The van der Waals surface area contributed by atoms with Crippen molar-refractivity contribution in [3.8, 4) is 0 Å². The molecular weight excluding hydrogens is 354 g/mol. The highest BCUT2D eigenvalue weighted by Gasteiger charge is 2.19. The minimum absolute atomic E-state index is 0.0706. The van der Waals surface area contributed by atoms with Crippen LogP contribution in [0.15, 0.2) is 6.07 Å². The Morgan fingerprint density at radius 2 is 2.21 bits per heavy atom. The molecule has 0 aliphatic rings. The van der Waals surface area contributed by atoms with E-state index in [0.29, 0.717) is 24.3 Å². The number of primary amides is 1. The van der Waals surface area contributed by atoms with Crippen LogP contribution in [0.3, 0.4) is 0 Å². The van der Waals surface area contributed by atoms with Gasteiger partial charge in [0.05, 0.1) is 11.7 Å². The van der Waals surface area contributed by atoms with Gasteiger partial charge in [-0.2, -0.15) is 4.37 Å². The fraction of sp³-hybridized carbons (Fsp3) is 0.308. The maximum atomic E-state index is 11.6. The molecule has 1 amide bonds. The minimum atomic E-state index is -0.784. The normalized spacial score (nSPS) is 11.8. The van der Waals surface area contributed by atoms with Crippen molar-refractivity contribution in [2.75, 3.05) is 17.2 Å². The second-order valence-electron chi connectivity index (χ2n) is 4.85. The fourth-order valence-electron chi connectivity index (χ4n) is 1.83. The van der Waals surface area contributed by atoms with Crippen molar-refractivity contribution in [1.82, 2.24) is 14.3 Å². The van der Waals surface area contributed by atoms with Gasteiger partial charge in [-0.3, -0.25) is 4.79 Å². The van der Waals surface area contributed by atoms with Gasteiger partial charge in [0.25, 0.3) is 5.91 Å². The van der Waals surface area contributed by atoms with Crippen molar-refractivity contribution < 1.29 is 9.59 Å². The number of aryl methyl sites for hydroxylation is 1. The predicted octanol–water partition coefficient (Wildman–Crippen LogP) is 1.07. The number of carbonyl (C=O) groups excluding carboxylic acids is 2. The van der Waals surface area contributed by atoms with Gasteiger partial charge in [-0.05, 0) is 37.5 Å². The summed E-state index contributed by atoms with van der Waals surface area (Å²) in [6.07, 6.45) is 1.10. The number of anilines is 3. The first-order chi connectivity index (χ1) is 11.4. The average Bonchev–Trinajstić information content (AvgIpc) is 2.94. The van der Waals surface area contributed by atoms with Gasteiger partial charge in [0.15, 0.2) is 22.5 Å². The van der Waals surface area contributed by atoms with E-state index >= 15 is 0 Å². The van der Waals surface area contributed by atoms with Crippen LogP contribution < -0.4 is 22.1 Å². The molecule has 0 bridgehead atoms. The van der Waals surface area contributed by atoms with E-state index in [1.54, 1.807) is 6.07 Å². The van der Waals surface area contributed by atoms with E-state index < -0.39 is 11.9 Å². The summed E-state index contributed by atoms with van der Waals surface area (Å²) in [7, 11) is 0. The van der Waals surface area contributed by atoms with Crippen LogP contribution in [0.4, 0.5) is 16.6 Å². The number of amides is 1. The number of nitrogens with two attached hydrogens (primary N) is 2. The zero-order valence-electron chi connectivity index (χ0n) is 12.7. The van der Waals surface area contributed by atoms with Crippen molar-refractivity contribution in [3.05, 3.63) is 22.6 Å². The van der Waals surface area contributed by atoms with Crippen molar-refractivity contribution in [3.63, 3.8) is 0 Å². The van der Waals surface area contributed by atoms with Crippen molar-refractivity contribution >= 4 is 52.0 Å². The second kappa shape index (κ2) is 7.99. The molecule has 0 aromatic carbocycles. The van der Waals surface area contributed by atoms with Crippen LogP contribution in [0.5, 0.6) is 0 Å². The van der Waals surface area contributed by atoms with Crippen LogP contribution in [0, 0.1) is 6.92 Å². The van der Waals surface area contributed by atoms with Gasteiger partial charge in [0.2, 0.25) is 0 Å². The molecule has 6 N–H and O–H groups in total. The second-order valence-corrected chi connectivity index (χ2v) is 6.01. The molecule has 11 heteroatoms. The van der Waals surface area contributed by atoms with Crippen molar-refractivity contribution in [2.24, 2.45) is 11.5 Å². The third-order valence-electron chi connectivity index (χ3n) is 2.92. The van der Waals surface area contributed by atoms with E-state index in [1.807, 2.05) is 6.92 Å². The summed E-state index contributed by atoms with van der Waals surface area (Å²) < 4.78 is 4.13. The van der Waals surface area contributed by atoms with Crippen LogP contribution in [-0.4, -0.2) is 39.1 Å². The Balaban J connectivity index is 2.37. The molecule has 2 rings (SSSR count). The first-order valence-corrected chi connectivity index (χ1v) is 8.09. The number of carbonyl (C=O) groups is 2. The predicted molar refractivity (Wildman–Crippen MR) is 92.8 cm³/mol. The molecule has 2 heterocycles. The van der Waals surface area contributed by atoms with E-state index in [0.717, 1.165) is 5.69 Å².